The van der Waals surface area contributed by atoms with Crippen LogP contribution < -0.4 is 0 Å². The fourth-order valence-electron chi connectivity index (χ4n) is 1.42. The van der Waals surface area contributed by atoms with Crippen LogP contribution in [0.3, 0.4) is 0 Å². The van der Waals surface area contributed by atoms with Crippen LogP contribution in [0.5, 0.6) is 0 Å². The molecule has 0 aliphatic carbocycles. The minimum Gasteiger partial charge on any atom is -0.481 e. The van der Waals surface area contributed by atoms with Gasteiger partial charge in [0.25, 0.3) is 5.97 Å². The summed E-state index contributed by atoms with van der Waals surface area (Å²) in [6.45, 7) is 11.3. The van der Waals surface area contributed by atoms with Crippen molar-refractivity contribution < 1.29 is 29.3 Å². The number of aromatic carboxylic acids is 1. The number of hydrogen-bond donors (Lipinski definition) is 2. The lowest BCUT2D eigenvalue weighted by atomic mass is 10.2. The first-order valence-corrected chi connectivity index (χ1v) is 9.53. The predicted molar refractivity (Wildman–Crippen MR) is 106 cm³/mol. The highest BCUT2D eigenvalue weighted by atomic mass is 32.1. The number of aliphatic carboxylic acids is 1. The molecule has 27 heavy (non-hydrogen) atoms. The van der Waals surface area contributed by atoms with Gasteiger partial charge < -0.3 is 19.8 Å². The van der Waals surface area contributed by atoms with Crippen LogP contribution >= 0.6 is 11.3 Å². The second-order valence-electron chi connectivity index (χ2n) is 6.66. The monoisotopic (exact) mass is 404 g/mol. The molecule has 0 saturated heterocycles. The standard InChI is InChI=1S/C13H20N2O4S.C3H8.C2H4O2/c1-13(2,3)19-12(18)15(4)7-5-6-10-14-9(8-20-10)11(16)17;1-3-2;1-2(3)4/h8H,5-7H2,1-4H3,(H,16,17);3H2,1-2H3;1H3,(H,3,4). The van der Waals surface area contributed by atoms with Gasteiger partial charge >= 0.3 is 12.1 Å². The molecule has 1 rings (SSSR count). The van der Waals surface area contributed by atoms with Gasteiger partial charge in [0.05, 0.1) is 5.01 Å². The normalized spacial score (nSPS) is 9.89. The largest absolute Gasteiger partial charge is 0.481 e. The Labute approximate surface area is 165 Å². The molecule has 0 unspecified atom stereocenters. The summed E-state index contributed by atoms with van der Waals surface area (Å²) in [6, 6.07) is 0. The van der Waals surface area contributed by atoms with Crippen LogP contribution in [0.15, 0.2) is 5.38 Å². The molecule has 8 nitrogen and oxygen atoms in total. The summed E-state index contributed by atoms with van der Waals surface area (Å²) in [6.07, 6.45) is 2.25. The Morgan fingerprint density at radius 3 is 2.07 bits per heavy atom. The van der Waals surface area contributed by atoms with Crippen molar-refractivity contribution in [2.24, 2.45) is 0 Å². The number of thiazole rings is 1. The third kappa shape index (κ3) is 17.0. The number of aromatic nitrogens is 1. The molecule has 156 valence electrons. The van der Waals surface area contributed by atoms with Crippen molar-refractivity contribution in [2.45, 2.75) is 66.4 Å². The van der Waals surface area contributed by atoms with Gasteiger partial charge in [-0.3, -0.25) is 4.79 Å². The number of hydrogen-bond acceptors (Lipinski definition) is 6. The fourth-order valence-corrected chi connectivity index (χ4v) is 2.24. The topological polar surface area (TPSA) is 117 Å². The van der Waals surface area contributed by atoms with E-state index in [2.05, 4.69) is 18.8 Å². The summed E-state index contributed by atoms with van der Waals surface area (Å²) in [5.41, 5.74) is -0.428. The molecule has 1 aromatic heterocycles. The third-order valence-corrected chi connectivity index (χ3v) is 3.27. The van der Waals surface area contributed by atoms with Crippen LogP contribution in [0.2, 0.25) is 0 Å². The Balaban J connectivity index is 0. The van der Waals surface area contributed by atoms with Gasteiger partial charge in [-0.25, -0.2) is 14.6 Å². The zero-order valence-electron chi connectivity index (χ0n) is 17.2. The smallest absolute Gasteiger partial charge is 0.410 e. The number of rotatable bonds is 5. The Bertz CT molecular complexity index is 577. The lowest BCUT2D eigenvalue weighted by molar-refractivity contribution is -0.134. The summed E-state index contributed by atoms with van der Waals surface area (Å²) in [5, 5.41) is 18.5. The summed E-state index contributed by atoms with van der Waals surface area (Å²) >= 11 is 1.32. The van der Waals surface area contributed by atoms with E-state index in [9.17, 15) is 9.59 Å². The van der Waals surface area contributed by atoms with Crippen LogP contribution in [-0.4, -0.2) is 57.3 Å². The minimum absolute atomic E-state index is 0.0745. The molecular weight excluding hydrogens is 372 g/mol. The average Bonchev–Trinajstić information content (AvgIpc) is 2.94. The molecule has 1 amide bonds. The predicted octanol–water partition coefficient (Wildman–Crippen LogP) is 4.15. The highest BCUT2D eigenvalue weighted by Crippen LogP contribution is 2.13. The first-order valence-electron chi connectivity index (χ1n) is 8.65. The van der Waals surface area contributed by atoms with Crippen molar-refractivity contribution in [3.63, 3.8) is 0 Å². The number of carbonyl (C=O) groups excluding carboxylic acids is 1. The van der Waals surface area contributed by atoms with Crippen LogP contribution in [0.4, 0.5) is 4.79 Å². The molecule has 9 heteroatoms. The van der Waals surface area contributed by atoms with E-state index in [1.807, 2.05) is 20.8 Å². The Hall–Kier alpha value is -2.16. The molecule has 0 bridgehead atoms. The van der Waals surface area contributed by atoms with Crippen LogP contribution in [0.25, 0.3) is 0 Å². The maximum absolute atomic E-state index is 11.7. The lowest BCUT2D eigenvalue weighted by Gasteiger charge is -2.24. The van der Waals surface area contributed by atoms with Gasteiger partial charge in [-0.15, -0.1) is 11.3 Å². The van der Waals surface area contributed by atoms with Crippen molar-refractivity contribution in [2.75, 3.05) is 13.6 Å². The Morgan fingerprint density at radius 1 is 1.22 bits per heavy atom. The van der Waals surface area contributed by atoms with E-state index in [1.165, 1.54) is 28.0 Å². The van der Waals surface area contributed by atoms with Gasteiger partial charge in [-0.1, -0.05) is 20.3 Å². The number of aryl methyl sites for hydroxylation is 1. The molecule has 0 aliphatic heterocycles. The number of ether oxygens (including phenoxy) is 1. The van der Waals surface area contributed by atoms with Crippen LogP contribution in [-0.2, 0) is 16.0 Å². The third-order valence-electron chi connectivity index (χ3n) is 2.36. The van der Waals surface area contributed by atoms with Crippen molar-refractivity contribution in [3.05, 3.63) is 16.1 Å². The molecule has 0 aromatic carbocycles. The van der Waals surface area contributed by atoms with E-state index in [0.29, 0.717) is 19.4 Å². The highest BCUT2D eigenvalue weighted by Gasteiger charge is 2.19. The maximum atomic E-state index is 11.7. The van der Waals surface area contributed by atoms with E-state index < -0.39 is 17.5 Å². The number of amides is 1. The molecule has 0 atom stereocenters. The molecule has 0 saturated carbocycles. The summed E-state index contributed by atoms with van der Waals surface area (Å²) in [4.78, 5) is 36.9. The van der Waals surface area contributed by atoms with E-state index in [-0.39, 0.29) is 11.8 Å². The van der Waals surface area contributed by atoms with Gasteiger partial charge in [0.15, 0.2) is 5.69 Å². The van der Waals surface area contributed by atoms with Gasteiger partial charge in [0.2, 0.25) is 0 Å². The maximum Gasteiger partial charge on any atom is 0.410 e. The molecule has 0 fully saturated rings. The van der Waals surface area contributed by atoms with Crippen molar-refractivity contribution in [1.29, 1.82) is 0 Å². The van der Waals surface area contributed by atoms with Crippen LogP contribution in [0.1, 0.15) is 69.9 Å². The number of carbonyl (C=O) groups is 3. The Kier molecular flexibility index (Phi) is 14.0. The van der Waals surface area contributed by atoms with Crippen molar-refractivity contribution in [3.8, 4) is 0 Å². The van der Waals surface area contributed by atoms with Gasteiger partial charge in [-0.05, 0) is 27.2 Å². The lowest BCUT2D eigenvalue weighted by Crippen LogP contribution is -2.34. The summed E-state index contributed by atoms with van der Waals surface area (Å²) in [5.74, 6) is -1.85. The van der Waals surface area contributed by atoms with E-state index >= 15 is 0 Å². The number of carboxylic acids is 2. The van der Waals surface area contributed by atoms with Crippen molar-refractivity contribution >= 4 is 29.4 Å². The Morgan fingerprint density at radius 2 is 1.70 bits per heavy atom. The molecule has 0 radical (unpaired) electrons. The molecule has 2 N–H and O–H groups in total. The first kappa shape index (κ1) is 27.1. The SMILES string of the molecule is CC(=O)O.CCC.CN(CCCc1nc(C(=O)O)cs1)C(=O)OC(C)(C)C. The first-order chi connectivity index (χ1) is 12.3. The summed E-state index contributed by atoms with van der Waals surface area (Å²) in [7, 11) is 1.68. The van der Waals surface area contributed by atoms with E-state index in [0.717, 1.165) is 11.9 Å². The van der Waals surface area contributed by atoms with E-state index in [1.54, 1.807) is 7.05 Å². The number of carboxylic acid groups (broad SMARTS) is 2. The van der Waals surface area contributed by atoms with Crippen molar-refractivity contribution in [1.82, 2.24) is 9.88 Å². The zero-order chi connectivity index (χ0) is 21.6. The van der Waals surface area contributed by atoms with Gasteiger partial charge in [0, 0.05) is 32.3 Å². The van der Waals surface area contributed by atoms with Crippen LogP contribution in [0, 0.1) is 0 Å². The number of nitrogens with zero attached hydrogens (tertiary/aromatic N) is 2. The minimum atomic E-state index is -1.02. The average molecular weight is 405 g/mol. The molecule has 0 aliphatic rings. The van der Waals surface area contributed by atoms with E-state index in [4.69, 9.17) is 19.7 Å². The second-order valence-corrected chi connectivity index (χ2v) is 7.61. The van der Waals surface area contributed by atoms with Gasteiger partial charge in [0.1, 0.15) is 5.60 Å². The van der Waals surface area contributed by atoms with Gasteiger partial charge in [-0.2, -0.15) is 0 Å². The quantitative estimate of drug-likeness (QED) is 0.757. The zero-order valence-corrected chi connectivity index (χ0v) is 18.1. The molecule has 1 aromatic rings. The molecule has 1 heterocycles. The summed E-state index contributed by atoms with van der Waals surface area (Å²) < 4.78 is 5.23. The highest BCUT2D eigenvalue weighted by molar-refractivity contribution is 7.09. The second kappa shape index (κ2) is 14.0. The molecule has 0 spiro atoms. The fraction of sp³-hybridized carbons (Fsp3) is 0.667. The molecular formula is C18H32N2O6S.